The highest BCUT2D eigenvalue weighted by Crippen LogP contribution is 2.24. The van der Waals surface area contributed by atoms with Crippen molar-refractivity contribution in [2.24, 2.45) is 0 Å². The number of aliphatic hydroxyl groups excluding tert-OH is 1. The summed E-state index contributed by atoms with van der Waals surface area (Å²) in [5.74, 6) is 0. The van der Waals surface area contributed by atoms with E-state index in [1.165, 1.54) is 0 Å². The van der Waals surface area contributed by atoms with Crippen molar-refractivity contribution < 1.29 is 9.84 Å². The van der Waals surface area contributed by atoms with Gasteiger partial charge in [-0.15, -0.1) is 0 Å². The maximum atomic E-state index is 9.86. The average molecular weight is 341 g/mol. The number of rotatable bonds is 5. The van der Waals surface area contributed by atoms with Gasteiger partial charge in [-0.05, 0) is 52.8 Å². The Morgan fingerprint density at radius 2 is 2.27 bits per heavy atom. The van der Waals surface area contributed by atoms with Gasteiger partial charge < -0.3 is 9.84 Å². The first-order valence-corrected chi connectivity index (χ1v) is 6.31. The minimum atomic E-state index is -0.595. The number of benzene rings is 1. The van der Waals surface area contributed by atoms with Crippen molar-refractivity contribution >= 4 is 34.2 Å². The van der Waals surface area contributed by atoms with Crippen LogP contribution in [0.15, 0.2) is 18.2 Å². The molecule has 0 fully saturated rings. The summed E-state index contributed by atoms with van der Waals surface area (Å²) in [7, 11) is 0. The van der Waals surface area contributed by atoms with E-state index in [4.69, 9.17) is 16.3 Å². The monoisotopic (exact) mass is 340 g/mol. The zero-order valence-corrected chi connectivity index (χ0v) is 11.5. The fourth-order valence-electron chi connectivity index (χ4n) is 1.20. The molecule has 84 valence electrons. The minimum Gasteiger partial charge on any atom is -0.386 e. The third-order valence-corrected chi connectivity index (χ3v) is 3.16. The Bertz CT molecular complexity index is 317. The summed E-state index contributed by atoms with van der Waals surface area (Å²) in [6.07, 6.45) is 0.362. The maximum absolute atomic E-state index is 9.86. The molecule has 0 aliphatic heterocycles. The van der Waals surface area contributed by atoms with Crippen LogP contribution in [0.4, 0.5) is 0 Å². The topological polar surface area (TPSA) is 29.5 Å². The standard InChI is InChI=1S/C11H14ClIO2/c1-2-5-15-7-11(14)9-6-8(12)3-4-10(9)13/h3-4,6,11,14H,2,5,7H2,1H3. The largest absolute Gasteiger partial charge is 0.386 e. The normalized spacial score (nSPS) is 12.8. The minimum absolute atomic E-state index is 0.324. The van der Waals surface area contributed by atoms with Gasteiger partial charge in [0.2, 0.25) is 0 Å². The van der Waals surface area contributed by atoms with E-state index in [9.17, 15) is 5.11 Å². The van der Waals surface area contributed by atoms with Crippen LogP contribution in [0.2, 0.25) is 5.02 Å². The molecule has 0 saturated carbocycles. The molecule has 0 aromatic heterocycles. The number of aliphatic hydroxyl groups is 1. The first-order chi connectivity index (χ1) is 7.15. The van der Waals surface area contributed by atoms with E-state index in [0.29, 0.717) is 18.2 Å². The van der Waals surface area contributed by atoms with E-state index < -0.39 is 6.10 Å². The number of ether oxygens (including phenoxy) is 1. The van der Waals surface area contributed by atoms with Crippen LogP contribution in [0.25, 0.3) is 0 Å². The molecule has 0 heterocycles. The second-order valence-corrected chi connectivity index (χ2v) is 4.86. The number of hydrogen-bond acceptors (Lipinski definition) is 2. The molecule has 0 aliphatic carbocycles. The lowest BCUT2D eigenvalue weighted by atomic mass is 10.1. The summed E-state index contributed by atoms with van der Waals surface area (Å²) in [5.41, 5.74) is 0.833. The summed E-state index contributed by atoms with van der Waals surface area (Å²) in [6.45, 7) is 3.04. The third kappa shape index (κ3) is 4.26. The Labute approximate surface area is 109 Å². The van der Waals surface area contributed by atoms with Gasteiger partial charge in [-0.3, -0.25) is 0 Å². The molecule has 1 unspecified atom stereocenters. The Morgan fingerprint density at radius 1 is 1.53 bits per heavy atom. The van der Waals surface area contributed by atoms with Gasteiger partial charge in [-0.25, -0.2) is 0 Å². The summed E-state index contributed by atoms with van der Waals surface area (Å²) in [5, 5.41) is 10.5. The Morgan fingerprint density at radius 3 is 2.93 bits per heavy atom. The van der Waals surface area contributed by atoms with Crippen LogP contribution in [0.1, 0.15) is 25.0 Å². The highest BCUT2D eigenvalue weighted by Gasteiger charge is 2.11. The van der Waals surface area contributed by atoms with Crippen molar-refractivity contribution in [3.8, 4) is 0 Å². The predicted molar refractivity (Wildman–Crippen MR) is 70.2 cm³/mol. The zero-order valence-electron chi connectivity index (χ0n) is 8.54. The van der Waals surface area contributed by atoms with E-state index in [1.54, 1.807) is 6.07 Å². The first kappa shape index (κ1) is 13.2. The maximum Gasteiger partial charge on any atom is 0.103 e. The molecule has 1 aromatic carbocycles. The molecule has 1 atom stereocenters. The second kappa shape index (κ2) is 6.68. The molecule has 4 heteroatoms. The van der Waals surface area contributed by atoms with Gasteiger partial charge >= 0.3 is 0 Å². The molecule has 0 aliphatic rings. The molecule has 1 aromatic rings. The van der Waals surface area contributed by atoms with E-state index in [1.807, 2.05) is 19.1 Å². The molecule has 0 radical (unpaired) electrons. The highest BCUT2D eigenvalue weighted by molar-refractivity contribution is 14.1. The molecule has 15 heavy (non-hydrogen) atoms. The summed E-state index contributed by atoms with van der Waals surface area (Å²) < 4.78 is 6.30. The summed E-state index contributed by atoms with van der Waals surface area (Å²) >= 11 is 8.05. The lowest BCUT2D eigenvalue weighted by molar-refractivity contribution is 0.0360. The van der Waals surface area contributed by atoms with Gasteiger partial charge in [-0.1, -0.05) is 18.5 Å². The summed E-state index contributed by atoms with van der Waals surface area (Å²) in [6, 6.07) is 5.48. The number of hydrogen-bond donors (Lipinski definition) is 1. The highest BCUT2D eigenvalue weighted by atomic mass is 127. The van der Waals surface area contributed by atoms with Gasteiger partial charge in [0.1, 0.15) is 6.10 Å². The van der Waals surface area contributed by atoms with Gasteiger partial charge in [0.25, 0.3) is 0 Å². The molecule has 1 N–H and O–H groups in total. The molecular formula is C11H14ClIO2. The average Bonchev–Trinajstić information content (AvgIpc) is 2.22. The van der Waals surface area contributed by atoms with Crippen molar-refractivity contribution in [2.45, 2.75) is 19.4 Å². The molecule has 0 amide bonds. The molecule has 0 spiro atoms. The molecule has 0 bridgehead atoms. The molecule has 2 nitrogen and oxygen atoms in total. The van der Waals surface area contributed by atoms with E-state index in [2.05, 4.69) is 22.6 Å². The van der Waals surface area contributed by atoms with Crippen LogP contribution < -0.4 is 0 Å². The van der Waals surface area contributed by atoms with Crippen molar-refractivity contribution in [1.29, 1.82) is 0 Å². The second-order valence-electron chi connectivity index (χ2n) is 3.26. The third-order valence-electron chi connectivity index (χ3n) is 1.94. The van der Waals surface area contributed by atoms with Crippen LogP contribution in [0, 0.1) is 3.57 Å². The van der Waals surface area contributed by atoms with Crippen molar-refractivity contribution in [3.63, 3.8) is 0 Å². The van der Waals surface area contributed by atoms with Crippen LogP contribution in [-0.4, -0.2) is 18.3 Å². The van der Waals surface area contributed by atoms with Gasteiger partial charge in [-0.2, -0.15) is 0 Å². The Hall–Kier alpha value is 0.160. The Balaban J connectivity index is 2.64. The van der Waals surface area contributed by atoms with E-state index >= 15 is 0 Å². The lowest BCUT2D eigenvalue weighted by Crippen LogP contribution is -2.09. The first-order valence-electron chi connectivity index (χ1n) is 4.86. The fraction of sp³-hybridized carbons (Fsp3) is 0.455. The van der Waals surface area contributed by atoms with Crippen LogP contribution >= 0.6 is 34.2 Å². The van der Waals surface area contributed by atoms with E-state index in [-0.39, 0.29) is 0 Å². The van der Waals surface area contributed by atoms with Crippen molar-refractivity contribution in [3.05, 3.63) is 32.4 Å². The van der Waals surface area contributed by atoms with E-state index in [0.717, 1.165) is 15.6 Å². The quantitative estimate of drug-likeness (QED) is 0.657. The summed E-state index contributed by atoms with van der Waals surface area (Å²) in [4.78, 5) is 0. The fourth-order valence-corrected chi connectivity index (χ4v) is 2.07. The lowest BCUT2D eigenvalue weighted by Gasteiger charge is -2.13. The van der Waals surface area contributed by atoms with Crippen molar-refractivity contribution in [1.82, 2.24) is 0 Å². The van der Waals surface area contributed by atoms with Gasteiger partial charge in [0, 0.05) is 15.2 Å². The smallest absolute Gasteiger partial charge is 0.103 e. The van der Waals surface area contributed by atoms with Crippen LogP contribution in [-0.2, 0) is 4.74 Å². The predicted octanol–water partition coefficient (Wildman–Crippen LogP) is 3.40. The molecular weight excluding hydrogens is 326 g/mol. The van der Waals surface area contributed by atoms with Crippen LogP contribution in [0.3, 0.4) is 0 Å². The number of halogens is 2. The zero-order chi connectivity index (χ0) is 11.3. The van der Waals surface area contributed by atoms with Crippen molar-refractivity contribution in [2.75, 3.05) is 13.2 Å². The SMILES string of the molecule is CCCOCC(O)c1cc(Cl)ccc1I. The van der Waals surface area contributed by atoms with Gasteiger partial charge in [0.05, 0.1) is 6.61 Å². The van der Waals surface area contributed by atoms with Gasteiger partial charge in [0.15, 0.2) is 0 Å². The van der Waals surface area contributed by atoms with Crippen LogP contribution in [0.5, 0.6) is 0 Å². The Kier molecular flexibility index (Phi) is 5.89. The molecule has 0 saturated heterocycles. The molecule has 1 rings (SSSR count).